The molecule has 2 heterocycles. The van der Waals surface area contributed by atoms with Crippen molar-refractivity contribution in [2.45, 2.75) is 20.8 Å². The summed E-state index contributed by atoms with van der Waals surface area (Å²) in [4.78, 5) is 39.2. The Morgan fingerprint density at radius 3 is 2.15 bits per heavy atom. The van der Waals surface area contributed by atoms with Gasteiger partial charge >= 0.3 is 6.03 Å². The maximum absolute atomic E-state index is 13.2. The zero-order valence-electron chi connectivity index (χ0n) is 19.4. The number of ether oxygens (including phenoxy) is 2. The number of rotatable bonds is 6. The predicted molar refractivity (Wildman–Crippen MR) is 128 cm³/mol. The van der Waals surface area contributed by atoms with E-state index in [1.165, 1.54) is 13.2 Å². The number of anilines is 1. The van der Waals surface area contributed by atoms with Crippen molar-refractivity contribution in [2.24, 2.45) is 0 Å². The van der Waals surface area contributed by atoms with Crippen molar-refractivity contribution in [1.82, 2.24) is 9.88 Å². The van der Waals surface area contributed by atoms with E-state index in [9.17, 15) is 14.4 Å². The molecule has 8 nitrogen and oxygen atoms in total. The highest BCUT2D eigenvalue weighted by Gasteiger charge is 2.37. The predicted octanol–water partition coefficient (Wildman–Crippen LogP) is 4.17. The Bertz CT molecular complexity index is 1290. The minimum absolute atomic E-state index is 0.123. The third kappa shape index (κ3) is 4.17. The number of urea groups is 1. The summed E-state index contributed by atoms with van der Waals surface area (Å²) in [6, 6.07) is 15.2. The molecule has 1 fully saturated rings. The maximum Gasteiger partial charge on any atom is 0.335 e. The van der Waals surface area contributed by atoms with Gasteiger partial charge in [0, 0.05) is 17.1 Å². The third-order valence-electron chi connectivity index (χ3n) is 5.61. The SMILES string of the molecule is CCOc1ccc(-n2c(C)cc(/C=C3\C(=O)NC(=O)N(c4ccc(OC)cc4)C3=O)c2C)cc1. The molecule has 1 saturated heterocycles. The second kappa shape index (κ2) is 9.27. The summed E-state index contributed by atoms with van der Waals surface area (Å²) >= 11 is 0. The number of methoxy groups -OCH3 is 1. The molecule has 0 aliphatic carbocycles. The van der Waals surface area contributed by atoms with Gasteiger partial charge in [-0.15, -0.1) is 0 Å². The molecule has 1 N–H and O–H groups in total. The van der Waals surface area contributed by atoms with Crippen molar-refractivity contribution in [3.8, 4) is 17.2 Å². The van der Waals surface area contributed by atoms with Crippen LogP contribution in [0.1, 0.15) is 23.9 Å². The molecule has 0 spiro atoms. The van der Waals surface area contributed by atoms with Crippen molar-refractivity contribution in [1.29, 1.82) is 0 Å². The average Bonchev–Trinajstić information content (AvgIpc) is 3.10. The maximum atomic E-state index is 13.2. The smallest absolute Gasteiger partial charge is 0.335 e. The highest BCUT2D eigenvalue weighted by Crippen LogP contribution is 2.27. The van der Waals surface area contributed by atoms with Crippen LogP contribution in [0.3, 0.4) is 0 Å². The molecular formula is C26H25N3O5. The number of nitrogens with zero attached hydrogens (tertiary/aromatic N) is 2. The van der Waals surface area contributed by atoms with Gasteiger partial charge in [-0.05, 0) is 87.0 Å². The van der Waals surface area contributed by atoms with Crippen LogP contribution >= 0.6 is 0 Å². The molecule has 3 aromatic rings. The first-order valence-corrected chi connectivity index (χ1v) is 10.8. The Balaban J connectivity index is 1.70. The number of nitrogens with one attached hydrogen (secondary N) is 1. The van der Waals surface area contributed by atoms with Gasteiger partial charge in [0.15, 0.2) is 0 Å². The lowest BCUT2D eigenvalue weighted by Gasteiger charge is -2.26. The van der Waals surface area contributed by atoms with E-state index in [-0.39, 0.29) is 5.57 Å². The number of carbonyl (C=O) groups excluding carboxylic acids is 3. The monoisotopic (exact) mass is 459 g/mol. The van der Waals surface area contributed by atoms with Gasteiger partial charge in [-0.3, -0.25) is 14.9 Å². The molecule has 1 aliphatic rings. The van der Waals surface area contributed by atoms with Crippen LogP contribution in [0.4, 0.5) is 10.5 Å². The molecule has 0 radical (unpaired) electrons. The fourth-order valence-corrected chi connectivity index (χ4v) is 3.97. The molecule has 174 valence electrons. The van der Waals surface area contributed by atoms with Crippen molar-refractivity contribution in [3.05, 3.63) is 77.1 Å². The number of amides is 4. The van der Waals surface area contributed by atoms with Gasteiger partial charge in [-0.2, -0.15) is 0 Å². The van der Waals surface area contributed by atoms with Gasteiger partial charge in [0.25, 0.3) is 11.8 Å². The number of aromatic nitrogens is 1. The van der Waals surface area contributed by atoms with E-state index < -0.39 is 17.8 Å². The Labute approximate surface area is 197 Å². The summed E-state index contributed by atoms with van der Waals surface area (Å²) in [6.07, 6.45) is 1.52. The first-order chi connectivity index (χ1) is 16.3. The van der Waals surface area contributed by atoms with Crippen molar-refractivity contribution in [2.75, 3.05) is 18.6 Å². The third-order valence-corrected chi connectivity index (χ3v) is 5.61. The second-order valence-electron chi connectivity index (χ2n) is 7.74. The van der Waals surface area contributed by atoms with Crippen LogP contribution in [-0.4, -0.2) is 36.1 Å². The van der Waals surface area contributed by atoms with Crippen molar-refractivity contribution in [3.63, 3.8) is 0 Å². The Hall–Kier alpha value is -4.33. The number of benzene rings is 2. The number of carbonyl (C=O) groups is 3. The summed E-state index contributed by atoms with van der Waals surface area (Å²) in [5.74, 6) is -0.0542. The molecule has 4 amide bonds. The highest BCUT2D eigenvalue weighted by molar-refractivity contribution is 6.39. The summed E-state index contributed by atoms with van der Waals surface area (Å²) in [5.41, 5.74) is 3.62. The van der Waals surface area contributed by atoms with E-state index in [2.05, 4.69) is 5.32 Å². The quantitative estimate of drug-likeness (QED) is 0.442. The molecule has 4 rings (SSSR count). The molecule has 34 heavy (non-hydrogen) atoms. The average molecular weight is 460 g/mol. The van der Waals surface area contributed by atoms with E-state index in [4.69, 9.17) is 9.47 Å². The summed E-state index contributed by atoms with van der Waals surface area (Å²) < 4.78 is 12.7. The molecule has 0 unspecified atom stereocenters. The number of aryl methyl sites for hydroxylation is 1. The van der Waals surface area contributed by atoms with Crippen LogP contribution in [0, 0.1) is 13.8 Å². The number of hydrogen-bond acceptors (Lipinski definition) is 5. The molecule has 1 aliphatic heterocycles. The lowest BCUT2D eigenvalue weighted by molar-refractivity contribution is -0.122. The zero-order valence-corrected chi connectivity index (χ0v) is 19.4. The van der Waals surface area contributed by atoms with Crippen LogP contribution in [0.25, 0.3) is 11.8 Å². The van der Waals surface area contributed by atoms with E-state index in [0.717, 1.165) is 27.7 Å². The second-order valence-corrected chi connectivity index (χ2v) is 7.74. The Morgan fingerprint density at radius 2 is 1.53 bits per heavy atom. The summed E-state index contributed by atoms with van der Waals surface area (Å²) in [7, 11) is 1.52. The van der Waals surface area contributed by atoms with Crippen LogP contribution in [0.2, 0.25) is 0 Å². The van der Waals surface area contributed by atoms with E-state index >= 15 is 0 Å². The van der Waals surface area contributed by atoms with Gasteiger partial charge < -0.3 is 14.0 Å². The fourth-order valence-electron chi connectivity index (χ4n) is 3.97. The van der Waals surface area contributed by atoms with Gasteiger partial charge in [0.05, 0.1) is 19.4 Å². The number of hydrogen-bond donors (Lipinski definition) is 1. The number of imide groups is 2. The first kappa shape index (κ1) is 22.8. The van der Waals surface area contributed by atoms with E-state index in [1.54, 1.807) is 24.3 Å². The van der Waals surface area contributed by atoms with Crippen LogP contribution < -0.4 is 19.7 Å². The van der Waals surface area contributed by atoms with Crippen LogP contribution in [0.15, 0.2) is 60.2 Å². The van der Waals surface area contributed by atoms with Gasteiger partial charge in [-0.1, -0.05) is 0 Å². The zero-order chi connectivity index (χ0) is 24.4. The standard InChI is InChI=1S/C26H25N3O5/c1-5-34-22-12-8-19(9-13-22)28-16(2)14-18(17(28)3)15-23-24(30)27-26(32)29(25(23)31)20-6-10-21(33-4)11-7-20/h6-15H,5H2,1-4H3,(H,27,30,32)/b23-15+. The number of barbiturate groups is 1. The van der Waals surface area contributed by atoms with Crippen molar-refractivity contribution < 1.29 is 23.9 Å². The van der Waals surface area contributed by atoms with E-state index in [0.29, 0.717) is 23.6 Å². The van der Waals surface area contributed by atoms with Crippen LogP contribution in [-0.2, 0) is 9.59 Å². The first-order valence-electron chi connectivity index (χ1n) is 10.8. The Kier molecular flexibility index (Phi) is 6.23. The molecule has 0 atom stereocenters. The van der Waals surface area contributed by atoms with Crippen LogP contribution in [0.5, 0.6) is 11.5 Å². The largest absolute Gasteiger partial charge is 0.497 e. The highest BCUT2D eigenvalue weighted by atomic mass is 16.5. The summed E-state index contributed by atoms with van der Waals surface area (Å²) in [5, 5.41) is 2.25. The lowest BCUT2D eigenvalue weighted by atomic mass is 10.1. The van der Waals surface area contributed by atoms with Gasteiger partial charge in [-0.25, -0.2) is 9.69 Å². The summed E-state index contributed by atoms with van der Waals surface area (Å²) in [6.45, 7) is 6.37. The molecular weight excluding hydrogens is 434 g/mol. The lowest BCUT2D eigenvalue weighted by Crippen LogP contribution is -2.54. The van der Waals surface area contributed by atoms with E-state index in [1.807, 2.05) is 55.7 Å². The molecule has 2 aromatic carbocycles. The fraction of sp³-hybridized carbons (Fsp3) is 0.192. The Morgan fingerprint density at radius 1 is 0.912 bits per heavy atom. The topological polar surface area (TPSA) is 89.9 Å². The normalized spacial score (nSPS) is 15.0. The molecule has 0 bridgehead atoms. The molecule has 8 heteroatoms. The minimum atomic E-state index is -0.794. The molecule has 0 saturated carbocycles. The van der Waals surface area contributed by atoms with Gasteiger partial charge in [0.2, 0.25) is 0 Å². The molecule has 1 aromatic heterocycles. The van der Waals surface area contributed by atoms with Gasteiger partial charge in [0.1, 0.15) is 17.1 Å². The van der Waals surface area contributed by atoms with Crippen molar-refractivity contribution >= 4 is 29.6 Å². The minimum Gasteiger partial charge on any atom is -0.497 e.